The zero-order chi connectivity index (χ0) is 45.1. The molecule has 0 radical (unpaired) electrons. The summed E-state index contributed by atoms with van der Waals surface area (Å²) in [5, 5.41) is 7.57. The standard InChI is InChI=1S/C63H53N3/c1-40-18-26-49(27-19-40)66-56-28-20-41(43-22-30-58-52(36-43)54-38-45(62(2,3)4)24-32-60(54)64(58)47-14-10-8-11-15-47)34-50(56)51-35-42(21-29-57(51)66)44-23-31-59-53(37-44)55-39-46(63(5,6)7)25-33-61(55)65(59)48-16-12-9-13-17-48/h8-39H,1-7H3. The first-order chi connectivity index (χ1) is 31.9. The van der Waals surface area contributed by atoms with Crippen LogP contribution in [0.15, 0.2) is 194 Å². The number of para-hydroxylation sites is 2. The van der Waals surface area contributed by atoms with Crippen LogP contribution in [0.25, 0.3) is 105 Å². The van der Waals surface area contributed by atoms with Gasteiger partial charge in [0.25, 0.3) is 0 Å². The van der Waals surface area contributed by atoms with E-state index in [2.05, 4.69) is 256 Å². The molecule has 0 aliphatic rings. The molecule has 320 valence electrons. The maximum absolute atomic E-state index is 2.44. The van der Waals surface area contributed by atoms with Gasteiger partial charge in [0.15, 0.2) is 0 Å². The van der Waals surface area contributed by atoms with E-state index in [0.29, 0.717) is 0 Å². The molecule has 0 amide bonds. The van der Waals surface area contributed by atoms with Gasteiger partial charge in [-0.15, -0.1) is 0 Å². The Labute approximate surface area is 386 Å². The predicted octanol–water partition coefficient (Wildman–Crippen LogP) is 17.2. The van der Waals surface area contributed by atoms with Gasteiger partial charge in [-0.05, 0) is 160 Å². The molecule has 12 aromatic rings. The Kier molecular flexibility index (Phi) is 8.90. The van der Waals surface area contributed by atoms with Gasteiger partial charge in [-0.3, -0.25) is 0 Å². The van der Waals surface area contributed by atoms with Crippen molar-refractivity contribution in [2.45, 2.75) is 59.3 Å². The number of benzene rings is 9. The zero-order valence-corrected chi connectivity index (χ0v) is 38.8. The first kappa shape index (κ1) is 39.9. The summed E-state index contributed by atoms with van der Waals surface area (Å²) in [6, 6.07) is 72.8. The van der Waals surface area contributed by atoms with Crippen molar-refractivity contribution in [2.75, 3.05) is 0 Å². The van der Waals surface area contributed by atoms with Crippen molar-refractivity contribution in [3.8, 4) is 39.3 Å². The van der Waals surface area contributed by atoms with E-state index < -0.39 is 0 Å². The van der Waals surface area contributed by atoms with Gasteiger partial charge in [-0.2, -0.15) is 0 Å². The fourth-order valence-corrected chi connectivity index (χ4v) is 10.4. The highest BCUT2D eigenvalue weighted by atomic mass is 15.0. The molecule has 0 fully saturated rings. The van der Waals surface area contributed by atoms with Crippen LogP contribution in [-0.4, -0.2) is 13.7 Å². The minimum Gasteiger partial charge on any atom is -0.309 e. The van der Waals surface area contributed by atoms with E-state index in [-0.39, 0.29) is 10.8 Å². The van der Waals surface area contributed by atoms with Gasteiger partial charge >= 0.3 is 0 Å². The molecule has 3 aromatic heterocycles. The Morgan fingerprint density at radius 3 is 0.848 bits per heavy atom. The van der Waals surface area contributed by atoms with Crippen LogP contribution in [0.4, 0.5) is 0 Å². The molecule has 0 saturated heterocycles. The first-order valence-corrected chi connectivity index (χ1v) is 23.3. The van der Waals surface area contributed by atoms with Gasteiger partial charge in [0.1, 0.15) is 0 Å². The molecule has 3 nitrogen and oxygen atoms in total. The summed E-state index contributed by atoms with van der Waals surface area (Å²) in [6.45, 7) is 16.0. The molecule has 3 heteroatoms. The average molecular weight is 852 g/mol. The van der Waals surface area contributed by atoms with E-state index in [1.165, 1.54) is 116 Å². The van der Waals surface area contributed by atoms with Crippen molar-refractivity contribution in [3.63, 3.8) is 0 Å². The van der Waals surface area contributed by atoms with Crippen LogP contribution in [0.5, 0.6) is 0 Å². The number of fused-ring (bicyclic) bond motifs is 9. The van der Waals surface area contributed by atoms with E-state index in [9.17, 15) is 0 Å². The fourth-order valence-electron chi connectivity index (χ4n) is 10.4. The lowest BCUT2D eigenvalue weighted by Crippen LogP contribution is -2.10. The van der Waals surface area contributed by atoms with Crippen molar-refractivity contribution in [1.29, 1.82) is 0 Å². The Hall–Kier alpha value is -7.62. The van der Waals surface area contributed by atoms with Gasteiger partial charge in [-0.25, -0.2) is 0 Å². The molecule has 9 aromatic carbocycles. The first-order valence-electron chi connectivity index (χ1n) is 23.3. The molecule has 0 aliphatic heterocycles. The fraction of sp³-hybridized carbons (Fsp3) is 0.143. The highest BCUT2D eigenvalue weighted by molar-refractivity contribution is 6.15. The smallest absolute Gasteiger partial charge is 0.0541 e. The minimum absolute atomic E-state index is 0.0328. The monoisotopic (exact) mass is 851 g/mol. The zero-order valence-electron chi connectivity index (χ0n) is 38.8. The molecule has 3 heterocycles. The van der Waals surface area contributed by atoms with E-state index >= 15 is 0 Å². The van der Waals surface area contributed by atoms with Crippen molar-refractivity contribution in [2.24, 2.45) is 0 Å². The van der Waals surface area contributed by atoms with Gasteiger partial charge in [0.05, 0.1) is 33.1 Å². The SMILES string of the molecule is Cc1ccc(-n2c3ccc(-c4ccc5c(c4)c4cc(C(C)(C)C)ccc4n5-c4ccccc4)cc3c3cc(-c4ccc5c(c4)c4cc(C(C)(C)C)ccc4n5-c4ccccc4)ccc32)cc1. The lowest BCUT2D eigenvalue weighted by molar-refractivity contribution is 0.591. The number of rotatable bonds is 5. The van der Waals surface area contributed by atoms with Crippen LogP contribution in [-0.2, 0) is 10.8 Å². The second kappa shape index (κ2) is 14.7. The van der Waals surface area contributed by atoms with Crippen LogP contribution >= 0.6 is 0 Å². The summed E-state index contributed by atoms with van der Waals surface area (Å²) in [6.07, 6.45) is 0. The quantitative estimate of drug-likeness (QED) is 0.164. The van der Waals surface area contributed by atoms with Crippen molar-refractivity contribution < 1.29 is 0 Å². The van der Waals surface area contributed by atoms with Crippen molar-refractivity contribution in [1.82, 2.24) is 13.7 Å². The van der Waals surface area contributed by atoms with Crippen LogP contribution in [0.1, 0.15) is 58.2 Å². The van der Waals surface area contributed by atoms with E-state index in [1.54, 1.807) is 0 Å². The summed E-state index contributed by atoms with van der Waals surface area (Å²) in [4.78, 5) is 0. The number of hydrogen-bond donors (Lipinski definition) is 0. The third kappa shape index (κ3) is 6.40. The Bertz CT molecular complexity index is 3630. The predicted molar refractivity (Wildman–Crippen MR) is 282 cm³/mol. The van der Waals surface area contributed by atoms with Gasteiger partial charge in [0.2, 0.25) is 0 Å². The summed E-state index contributed by atoms with van der Waals surface area (Å²) in [5.41, 5.74) is 19.6. The summed E-state index contributed by atoms with van der Waals surface area (Å²) in [7, 11) is 0. The van der Waals surface area contributed by atoms with Gasteiger partial charge in [-0.1, -0.05) is 132 Å². The molecule has 0 N–H and O–H groups in total. The van der Waals surface area contributed by atoms with Gasteiger partial charge < -0.3 is 13.7 Å². The third-order valence-electron chi connectivity index (χ3n) is 14.0. The van der Waals surface area contributed by atoms with Gasteiger partial charge in [0, 0.05) is 49.4 Å². The molecule has 0 saturated carbocycles. The maximum Gasteiger partial charge on any atom is 0.0541 e. The number of nitrogens with zero attached hydrogens (tertiary/aromatic N) is 3. The molecular weight excluding hydrogens is 799 g/mol. The highest BCUT2D eigenvalue weighted by Gasteiger charge is 2.22. The largest absolute Gasteiger partial charge is 0.309 e. The Morgan fingerprint density at radius 1 is 0.273 bits per heavy atom. The van der Waals surface area contributed by atoms with E-state index in [1.807, 2.05) is 0 Å². The molecule has 66 heavy (non-hydrogen) atoms. The average Bonchev–Trinajstić information content (AvgIpc) is 3.96. The summed E-state index contributed by atoms with van der Waals surface area (Å²) >= 11 is 0. The molecule has 0 aliphatic carbocycles. The summed E-state index contributed by atoms with van der Waals surface area (Å²) < 4.78 is 7.27. The van der Waals surface area contributed by atoms with E-state index in [0.717, 1.165) is 5.69 Å². The lowest BCUT2D eigenvalue weighted by Gasteiger charge is -2.19. The molecule has 0 atom stereocenters. The Balaban J connectivity index is 1.06. The van der Waals surface area contributed by atoms with Crippen LogP contribution in [0, 0.1) is 6.92 Å². The normalized spacial score (nSPS) is 12.5. The molecule has 0 unspecified atom stereocenters. The maximum atomic E-state index is 2.44. The van der Waals surface area contributed by atoms with Crippen LogP contribution in [0.3, 0.4) is 0 Å². The minimum atomic E-state index is 0.0328. The summed E-state index contributed by atoms with van der Waals surface area (Å²) in [5.74, 6) is 0. The second-order valence-corrected chi connectivity index (χ2v) is 20.4. The molecule has 0 bridgehead atoms. The molecular formula is C63H53N3. The lowest BCUT2D eigenvalue weighted by atomic mass is 9.86. The molecule has 0 spiro atoms. The highest BCUT2D eigenvalue weighted by Crippen LogP contribution is 2.42. The topological polar surface area (TPSA) is 14.8 Å². The Morgan fingerprint density at radius 2 is 0.545 bits per heavy atom. The van der Waals surface area contributed by atoms with E-state index in [4.69, 9.17) is 0 Å². The number of hydrogen-bond acceptors (Lipinski definition) is 0. The number of aryl methyl sites for hydroxylation is 1. The van der Waals surface area contributed by atoms with Crippen LogP contribution < -0.4 is 0 Å². The third-order valence-corrected chi connectivity index (χ3v) is 14.0. The molecule has 12 rings (SSSR count). The number of aromatic nitrogens is 3. The second-order valence-electron chi connectivity index (χ2n) is 20.4. The van der Waals surface area contributed by atoms with Crippen LogP contribution in [0.2, 0.25) is 0 Å². The van der Waals surface area contributed by atoms with Crippen molar-refractivity contribution >= 4 is 65.4 Å². The van der Waals surface area contributed by atoms with Crippen molar-refractivity contribution in [3.05, 3.63) is 211 Å².